The lowest BCUT2D eigenvalue weighted by Crippen LogP contribution is -2.36. The second-order valence-electron chi connectivity index (χ2n) is 6.61. The quantitative estimate of drug-likeness (QED) is 0.800. The van der Waals surface area contributed by atoms with Crippen LogP contribution in [0.5, 0.6) is 0 Å². The molecule has 0 bridgehead atoms. The molecular weight excluding hydrogens is 347 g/mol. The number of Topliss-reactive ketones (excluding diaryl/α,β-unsaturated/α-hetero) is 1. The summed E-state index contributed by atoms with van der Waals surface area (Å²) in [6, 6.07) is 7.15. The molecule has 1 aromatic carbocycles. The van der Waals surface area contributed by atoms with Crippen LogP contribution in [0.25, 0.3) is 0 Å². The number of nitrogens with zero attached hydrogens (tertiary/aromatic N) is 1. The summed E-state index contributed by atoms with van der Waals surface area (Å²) in [5.41, 5.74) is 6.51. The van der Waals surface area contributed by atoms with Crippen LogP contribution < -0.4 is 5.73 Å². The Kier molecular flexibility index (Phi) is 4.11. The van der Waals surface area contributed by atoms with Gasteiger partial charge >= 0.3 is 0 Å². The molecular formula is C18H16Cl2N2O2. The minimum atomic E-state index is -0.702. The van der Waals surface area contributed by atoms with E-state index in [4.69, 9.17) is 33.7 Å². The first kappa shape index (κ1) is 16.9. The fraction of sp³-hybridized carbons (Fsp3) is 0.333. The Morgan fingerprint density at radius 3 is 2.54 bits per heavy atom. The number of carbonyl (C=O) groups is 1. The summed E-state index contributed by atoms with van der Waals surface area (Å²) in [7, 11) is 0. The first-order valence-electron chi connectivity index (χ1n) is 7.57. The van der Waals surface area contributed by atoms with Gasteiger partial charge in [-0.05, 0) is 18.6 Å². The van der Waals surface area contributed by atoms with Gasteiger partial charge in [0.1, 0.15) is 17.4 Å². The highest BCUT2D eigenvalue weighted by Gasteiger charge is 2.45. The number of ketones is 1. The smallest absolute Gasteiger partial charge is 0.205 e. The van der Waals surface area contributed by atoms with Gasteiger partial charge in [-0.15, -0.1) is 0 Å². The van der Waals surface area contributed by atoms with E-state index in [0.717, 1.165) is 0 Å². The highest BCUT2D eigenvalue weighted by atomic mass is 35.5. The van der Waals surface area contributed by atoms with Crippen molar-refractivity contribution in [2.24, 2.45) is 11.1 Å². The normalized spacial score (nSPS) is 22.8. The Balaban J connectivity index is 2.29. The number of halogens is 2. The molecule has 24 heavy (non-hydrogen) atoms. The van der Waals surface area contributed by atoms with E-state index in [0.29, 0.717) is 39.8 Å². The Morgan fingerprint density at radius 2 is 1.96 bits per heavy atom. The van der Waals surface area contributed by atoms with Crippen molar-refractivity contribution in [1.82, 2.24) is 0 Å². The number of ether oxygens (including phenoxy) is 1. The molecule has 0 saturated carbocycles. The van der Waals surface area contributed by atoms with Crippen LogP contribution in [0.2, 0.25) is 10.0 Å². The maximum atomic E-state index is 13.1. The first-order valence-corrected chi connectivity index (χ1v) is 8.33. The van der Waals surface area contributed by atoms with Crippen molar-refractivity contribution in [3.05, 3.63) is 56.6 Å². The van der Waals surface area contributed by atoms with Crippen LogP contribution in [-0.4, -0.2) is 5.78 Å². The molecule has 0 radical (unpaired) electrons. The molecule has 6 heteroatoms. The monoisotopic (exact) mass is 362 g/mol. The molecule has 4 nitrogen and oxygen atoms in total. The number of benzene rings is 1. The van der Waals surface area contributed by atoms with Gasteiger partial charge in [0.15, 0.2) is 5.78 Å². The van der Waals surface area contributed by atoms with Crippen molar-refractivity contribution in [1.29, 1.82) is 5.26 Å². The molecule has 1 aliphatic carbocycles. The molecule has 0 saturated heterocycles. The number of hydrogen-bond acceptors (Lipinski definition) is 4. The zero-order valence-electron chi connectivity index (χ0n) is 13.3. The van der Waals surface area contributed by atoms with Gasteiger partial charge < -0.3 is 10.5 Å². The summed E-state index contributed by atoms with van der Waals surface area (Å²) in [6.45, 7) is 3.77. The van der Waals surface area contributed by atoms with Gasteiger partial charge in [-0.25, -0.2) is 0 Å². The van der Waals surface area contributed by atoms with E-state index in [-0.39, 0.29) is 17.2 Å². The van der Waals surface area contributed by atoms with Crippen molar-refractivity contribution in [3.63, 3.8) is 0 Å². The average Bonchev–Trinajstić information content (AvgIpc) is 2.51. The molecule has 124 valence electrons. The van der Waals surface area contributed by atoms with E-state index in [9.17, 15) is 10.1 Å². The third kappa shape index (κ3) is 2.49. The van der Waals surface area contributed by atoms with E-state index in [1.54, 1.807) is 18.2 Å². The van der Waals surface area contributed by atoms with Crippen LogP contribution in [0.15, 0.2) is 41.0 Å². The van der Waals surface area contributed by atoms with Gasteiger partial charge in [-0.2, -0.15) is 5.26 Å². The lowest BCUT2D eigenvalue weighted by atomic mass is 9.68. The molecule has 3 rings (SSSR count). The Bertz CT molecular complexity index is 827. The van der Waals surface area contributed by atoms with Crippen LogP contribution in [-0.2, 0) is 9.53 Å². The third-order valence-electron chi connectivity index (χ3n) is 4.62. The van der Waals surface area contributed by atoms with Crippen LogP contribution in [0.4, 0.5) is 0 Å². The molecule has 2 N–H and O–H groups in total. The van der Waals surface area contributed by atoms with Crippen LogP contribution in [0.3, 0.4) is 0 Å². The lowest BCUT2D eigenvalue weighted by Gasteiger charge is -2.37. The largest absolute Gasteiger partial charge is 0.444 e. The van der Waals surface area contributed by atoms with E-state index >= 15 is 0 Å². The Labute approximate surface area is 150 Å². The fourth-order valence-corrected chi connectivity index (χ4v) is 3.85. The molecule has 0 spiro atoms. The zero-order chi connectivity index (χ0) is 17.6. The third-order valence-corrected chi connectivity index (χ3v) is 5.28. The SMILES string of the molecule is CC1(C)CCC2=C(C1=O)C(c1c(Cl)cccc1Cl)C(C#N)=C(N)O2. The zero-order valence-corrected chi connectivity index (χ0v) is 14.8. The standard InChI is InChI=1S/C18H16Cl2N2O2/c1-18(2)7-6-12-15(16(18)23)13(9(8-21)17(22)24-12)14-10(19)4-3-5-11(14)20/h3-5,13H,6-7,22H2,1-2H3. The topological polar surface area (TPSA) is 76.1 Å². The molecule has 0 fully saturated rings. The molecule has 0 amide bonds. The second-order valence-corrected chi connectivity index (χ2v) is 7.42. The molecule has 1 aromatic rings. The first-order chi connectivity index (χ1) is 11.3. The van der Waals surface area contributed by atoms with Crippen molar-refractivity contribution < 1.29 is 9.53 Å². The number of hydrogen-bond donors (Lipinski definition) is 1. The van der Waals surface area contributed by atoms with Gasteiger partial charge in [0, 0.05) is 33.0 Å². The van der Waals surface area contributed by atoms with E-state index in [1.165, 1.54) is 0 Å². The van der Waals surface area contributed by atoms with Crippen molar-refractivity contribution >= 4 is 29.0 Å². The van der Waals surface area contributed by atoms with Crippen molar-refractivity contribution in [2.75, 3.05) is 0 Å². The van der Waals surface area contributed by atoms with Crippen LogP contribution in [0, 0.1) is 16.7 Å². The Hall–Kier alpha value is -1.96. The summed E-state index contributed by atoms with van der Waals surface area (Å²) in [4.78, 5) is 13.1. The van der Waals surface area contributed by atoms with Gasteiger partial charge in [0.2, 0.25) is 5.88 Å². The highest BCUT2D eigenvalue weighted by molar-refractivity contribution is 6.36. The van der Waals surface area contributed by atoms with Crippen molar-refractivity contribution in [2.45, 2.75) is 32.6 Å². The number of rotatable bonds is 1. The fourth-order valence-electron chi connectivity index (χ4n) is 3.23. The highest BCUT2D eigenvalue weighted by Crippen LogP contribution is 2.50. The summed E-state index contributed by atoms with van der Waals surface area (Å²) in [5.74, 6) is -0.251. The van der Waals surface area contributed by atoms with Gasteiger partial charge in [0.25, 0.3) is 0 Å². The molecule has 1 atom stereocenters. The minimum Gasteiger partial charge on any atom is -0.444 e. The second kappa shape index (κ2) is 5.84. The molecule has 1 unspecified atom stereocenters. The van der Waals surface area contributed by atoms with Crippen molar-refractivity contribution in [3.8, 4) is 6.07 Å². The summed E-state index contributed by atoms with van der Waals surface area (Å²) >= 11 is 12.7. The van der Waals surface area contributed by atoms with Gasteiger partial charge in [0.05, 0.1) is 5.92 Å². The molecule has 0 aromatic heterocycles. The average molecular weight is 363 g/mol. The predicted octanol–water partition coefficient (Wildman–Crippen LogP) is 4.44. The van der Waals surface area contributed by atoms with Crippen LogP contribution >= 0.6 is 23.2 Å². The van der Waals surface area contributed by atoms with E-state index < -0.39 is 11.3 Å². The summed E-state index contributed by atoms with van der Waals surface area (Å²) in [6.07, 6.45) is 1.23. The molecule has 2 aliphatic rings. The summed E-state index contributed by atoms with van der Waals surface area (Å²) < 4.78 is 5.60. The maximum Gasteiger partial charge on any atom is 0.205 e. The number of carbonyl (C=O) groups excluding carboxylic acids is 1. The number of nitriles is 1. The van der Waals surface area contributed by atoms with Gasteiger partial charge in [-0.3, -0.25) is 4.79 Å². The number of allylic oxidation sites excluding steroid dienone is 3. The van der Waals surface area contributed by atoms with Crippen LogP contribution in [0.1, 0.15) is 38.2 Å². The van der Waals surface area contributed by atoms with E-state index in [2.05, 4.69) is 6.07 Å². The minimum absolute atomic E-state index is 0.00439. The van der Waals surface area contributed by atoms with Gasteiger partial charge in [-0.1, -0.05) is 43.1 Å². The molecule has 1 aliphatic heterocycles. The predicted molar refractivity (Wildman–Crippen MR) is 92.2 cm³/mol. The number of nitrogens with two attached hydrogens (primary N) is 1. The Morgan fingerprint density at radius 1 is 1.33 bits per heavy atom. The summed E-state index contributed by atoms with van der Waals surface area (Å²) in [5, 5.41) is 10.4. The maximum absolute atomic E-state index is 13.1. The van der Waals surface area contributed by atoms with E-state index in [1.807, 2.05) is 13.8 Å². The molecule has 1 heterocycles. The lowest BCUT2D eigenvalue weighted by molar-refractivity contribution is -0.125.